The molecule has 11 heteroatoms. The largest absolute Gasteiger partial charge is 0.488 e. The zero-order valence-corrected chi connectivity index (χ0v) is 19.0. The molecule has 1 fully saturated rings. The van der Waals surface area contributed by atoms with Crippen LogP contribution in [-0.2, 0) is 22.7 Å². The number of carbonyl (C=O) groups is 3. The lowest BCUT2D eigenvalue weighted by atomic mass is 10.1. The van der Waals surface area contributed by atoms with Crippen LogP contribution >= 0.6 is 15.9 Å². The maximum absolute atomic E-state index is 13.0. The SMILES string of the molecule is O=C1NC(=O)N(Cc2ccco2)C(=O)/C1=C/c1cc(Br)ccc1OCc1ccc([N+](=O)[O-])cc1. The van der Waals surface area contributed by atoms with Gasteiger partial charge < -0.3 is 9.15 Å². The van der Waals surface area contributed by atoms with Crippen LogP contribution in [0.1, 0.15) is 16.9 Å². The topological polar surface area (TPSA) is 132 Å². The number of nitrogens with zero attached hydrogens (tertiary/aromatic N) is 2. The van der Waals surface area contributed by atoms with Crippen LogP contribution < -0.4 is 10.1 Å². The van der Waals surface area contributed by atoms with E-state index in [0.717, 1.165) is 4.90 Å². The van der Waals surface area contributed by atoms with Crippen molar-refractivity contribution in [3.63, 3.8) is 0 Å². The molecule has 0 atom stereocenters. The van der Waals surface area contributed by atoms with Gasteiger partial charge in [-0.1, -0.05) is 15.9 Å². The van der Waals surface area contributed by atoms with Gasteiger partial charge in [0.2, 0.25) is 0 Å². The number of ether oxygens (including phenoxy) is 1. The van der Waals surface area contributed by atoms with Gasteiger partial charge in [0.15, 0.2) is 0 Å². The minimum absolute atomic E-state index is 0.0340. The van der Waals surface area contributed by atoms with Crippen molar-refractivity contribution in [2.75, 3.05) is 0 Å². The molecule has 0 unspecified atom stereocenters. The molecule has 0 spiro atoms. The lowest BCUT2D eigenvalue weighted by molar-refractivity contribution is -0.384. The predicted octanol–water partition coefficient (Wildman–Crippen LogP) is 4.19. The second-order valence-electron chi connectivity index (χ2n) is 7.18. The van der Waals surface area contributed by atoms with Crippen LogP contribution in [0.2, 0.25) is 0 Å². The molecule has 1 aliphatic rings. The molecular formula is C23H16BrN3O7. The summed E-state index contributed by atoms with van der Waals surface area (Å²) in [5.41, 5.74) is 0.827. The predicted molar refractivity (Wildman–Crippen MR) is 122 cm³/mol. The summed E-state index contributed by atoms with van der Waals surface area (Å²) in [5, 5.41) is 13.0. The maximum Gasteiger partial charge on any atom is 0.331 e. The zero-order chi connectivity index (χ0) is 24.2. The molecule has 2 heterocycles. The lowest BCUT2D eigenvalue weighted by Gasteiger charge is -2.25. The van der Waals surface area contributed by atoms with Gasteiger partial charge in [-0.3, -0.25) is 29.9 Å². The molecule has 34 heavy (non-hydrogen) atoms. The fourth-order valence-corrected chi connectivity index (χ4v) is 3.57. The number of rotatable bonds is 7. The average molecular weight is 526 g/mol. The molecule has 1 N–H and O–H groups in total. The Hall–Kier alpha value is -4.25. The molecule has 0 aliphatic carbocycles. The molecule has 0 radical (unpaired) electrons. The van der Waals surface area contributed by atoms with E-state index in [0.29, 0.717) is 27.1 Å². The van der Waals surface area contributed by atoms with Crippen LogP contribution in [0, 0.1) is 10.1 Å². The third-order valence-electron chi connectivity index (χ3n) is 4.89. The number of amides is 4. The Morgan fingerprint density at radius 3 is 2.56 bits per heavy atom. The van der Waals surface area contributed by atoms with E-state index in [1.165, 1.54) is 24.5 Å². The molecule has 4 rings (SSSR count). The highest BCUT2D eigenvalue weighted by molar-refractivity contribution is 9.10. The van der Waals surface area contributed by atoms with Gasteiger partial charge in [-0.15, -0.1) is 0 Å². The second-order valence-corrected chi connectivity index (χ2v) is 8.10. The molecule has 0 saturated carbocycles. The molecule has 1 saturated heterocycles. The van der Waals surface area contributed by atoms with Gasteiger partial charge in [0, 0.05) is 22.2 Å². The van der Waals surface area contributed by atoms with E-state index in [9.17, 15) is 24.5 Å². The highest BCUT2D eigenvalue weighted by atomic mass is 79.9. The number of imide groups is 2. The lowest BCUT2D eigenvalue weighted by Crippen LogP contribution is -2.53. The summed E-state index contributed by atoms with van der Waals surface area (Å²) in [5.74, 6) is -0.852. The van der Waals surface area contributed by atoms with Gasteiger partial charge in [0.05, 0.1) is 17.7 Å². The molecule has 0 bridgehead atoms. The van der Waals surface area contributed by atoms with E-state index >= 15 is 0 Å². The number of hydrogen-bond donors (Lipinski definition) is 1. The Balaban J connectivity index is 1.59. The highest BCUT2D eigenvalue weighted by Gasteiger charge is 2.36. The normalized spacial score (nSPS) is 14.9. The van der Waals surface area contributed by atoms with Crippen molar-refractivity contribution in [3.8, 4) is 5.75 Å². The summed E-state index contributed by atoms with van der Waals surface area (Å²) >= 11 is 3.36. The number of furan rings is 1. The molecule has 172 valence electrons. The van der Waals surface area contributed by atoms with E-state index in [2.05, 4.69) is 21.2 Å². The van der Waals surface area contributed by atoms with Gasteiger partial charge in [0.1, 0.15) is 23.7 Å². The fourth-order valence-electron chi connectivity index (χ4n) is 3.19. The third kappa shape index (κ3) is 5.04. The number of nitrogens with one attached hydrogen (secondary N) is 1. The van der Waals surface area contributed by atoms with E-state index in [-0.39, 0.29) is 24.4 Å². The molecule has 1 aliphatic heterocycles. The summed E-state index contributed by atoms with van der Waals surface area (Å²) in [4.78, 5) is 48.8. The number of nitro benzene ring substituents is 1. The van der Waals surface area contributed by atoms with E-state index < -0.39 is 22.8 Å². The molecule has 10 nitrogen and oxygen atoms in total. The van der Waals surface area contributed by atoms with Gasteiger partial charge in [-0.05, 0) is 54.1 Å². The summed E-state index contributed by atoms with van der Waals surface area (Å²) in [6.45, 7) is -0.0384. The smallest absolute Gasteiger partial charge is 0.331 e. The van der Waals surface area contributed by atoms with Gasteiger partial charge in [0.25, 0.3) is 17.5 Å². The second kappa shape index (κ2) is 9.71. The standard InChI is InChI=1S/C23H16BrN3O7/c24-16-5-8-20(34-13-14-3-6-17(7-4-14)27(31)32)15(10-16)11-19-21(28)25-23(30)26(22(19)29)12-18-2-1-9-33-18/h1-11H,12-13H2,(H,25,28,30)/b19-11+. The molecule has 1 aromatic heterocycles. The summed E-state index contributed by atoms with van der Waals surface area (Å²) in [6, 6.07) is 13.3. The number of benzene rings is 2. The Morgan fingerprint density at radius 2 is 1.88 bits per heavy atom. The van der Waals surface area contributed by atoms with Crippen molar-refractivity contribution in [2.24, 2.45) is 0 Å². The van der Waals surface area contributed by atoms with Crippen molar-refractivity contribution < 1.29 is 28.5 Å². The summed E-state index contributed by atoms with van der Waals surface area (Å²) in [7, 11) is 0. The van der Waals surface area contributed by atoms with Crippen molar-refractivity contribution >= 4 is 45.5 Å². The minimum atomic E-state index is -0.840. The van der Waals surface area contributed by atoms with Gasteiger partial charge in [-0.25, -0.2) is 4.79 Å². The first-order valence-corrected chi connectivity index (χ1v) is 10.7. The number of hydrogen-bond acceptors (Lipinski definition) is 7. The van der Waals surface area contributed by atoms with Crippen molar-refractivity contribution in [2.45, 2.75) is 13.2 Å². The van der Waals surface area contributed by atoms with Crippen molar-refractivity contribution in [1.82, 2.24) is 10.2 Å². The average Bonchev–Trinajstić information content (AvgIpc) is 3.32. The number of carbonyl (C=O) groups excluding carboxylic acids is 3. The number of non-ortho nitro benzene ring substituents is 1. The van der Waals surface area contributed by atoms with Gasteiger partial charge >= 0.3 is 6.03 Å². The fraction of sp³-hybridized carbons (Fsp3) is 0.0870. The minimum Gasteiger partial charge on any atom is -0.488 e. The third-order valence-corrected chi connectivity index (χ3v) is 5.39. The number of barbiturate groups is 1. The van der Waals surface area contributed by atoms with Crippen LogP contribution in [0.15, 0.2) is 75.3 Å². The first kappa shape index (κ1) is 22.9. The number of urea groups is 1. The quantitative estimate of drug-likeness (QED) is 0.211. The Kier molecular flexibility index (Phi) is 6.55. The molecule has 3 aromatic rings. The van der Waals surface area contributed by atoms with E-state index in [4.69, 9.17) is 9.15 Å². The molecular weight excluding hydrogens is 510 g/mol. The van der Waals surface area contributed by atoms with E-state index in [1.54, 1.807) is 42.5 Å². The molecule has 4 amide bonds. The first-order chi connectivity index (χ1) is 16.3. The first-order valence-electron chi connectivity index (χ1n) is 9.89. The zero-order valence-electron chi connectivity index (χ0n) is 17.4. The highest BCUT2D eigenvalue weighted by Crippen LogP contribution is 2.28. The van der Waals surface area contributed by atoms with E-state index in [1.807, 2.05) is 0 Å². The number of nitro groups is 1. The Bertz CT molecular complexity index is 1300. The van der Waals surface area contributed by atoms with Crippen molar-refractivity contribution in [3.05, 3.63) is 97.9 Å². The van der Waals surface area contributed by atoms with Crippen LogP contribution in [0.5, 0.6) is 5.75 Å². The van der Waals surface area contributed by atoms with Crippen LogP contribution in [0.3, 0.4) is 0 Å². The Labute approximate surface area is 201 Å². The van der Waals surface area contributed by atoms with Crippen molar-refractivity contribution in [1.29, 1.82) is 0 Å². The van der Waals surface area contributed by atoms with Crippen LogP contribution in [-0.4, -0.2) is 27.7 Å². The molecule has 2 aromatic carbocycles. The van der Waals surface area contributed by atoms with Crippen LogP contribution in [0.4, 0.5) is 10.5 Å². The van der Waals surface area contributed by atoms with Gasteiger partial charge in [-0.2, -0.15) is 0 Å². The summed E-state index contributed by atoms with van der Waals surface area (Å²) in [6.07, 6.45) is 2.76. The Morgan fingerprint density at radius 1 is 1.12 bits per heavy atom. The maximum atomic E-state index is 13.0. The summed E-state index contributed by atoms with van der Waals surface area (Å²) < 4.78 is 11.7. The van der Waals surface area contributed by atoms with Crippen LogP contribution in [0.25, 0.3) is 6.08 Å². The monoisotopic (exact) mass is 525 g/mol. The number of halogens is 1.